The first-order valence-electron chi connectivity index (χ1n) is 13.2. The second-order valence-electron chi connectivity index (χ2n) is 10.1. The fourth-order valence-corrected chi connectivity index (χ4v) is 3.67. The van der Waals surface area contributed by atoms with Crippen molar-refractivity contribution in [2.45, 2.75) is 39.3 Å². The number of benzene rings is 1. The molecule has 13 heteroatoms. The largest absolute Gasteiger partial charge is 0.489 e. The Morgan fingerprint density at radius 1 is 1.10 bits per heavy atom. The average Bonchev–Trinajstić information content (AvgIpc) is 2.89. The molecule has 0 aliphatic heterocycles. The van der Waals surface area contributed by atoms with Crippen LogP contribution in [0.3, 0.4) is 0 Å². The molecule has 0 fully saturated rings. The van der Waals surface area contributed by atoms with Crippen molar-refractivity contribution in [1.29, 1.82) is 0 Å². The minimum Gasteiger partial charge on any atom is -0.489 e. The van der Waals surface area contributed by atoms with Crippen LogP contribution in [0, 0.1) is 5.82 Å². The number of anilines is 3. The van der Waals surface area contributed by atoms with E-state index in [0.717, 1.165) is 0 Å². The van der Waals surface area contributed by atoms with E-state index in [9.17, 15) is 18.8 Å². The summed E-state index contributed by atoms with van der Waals surface area (Å²) in [4.78, 5) is 50.9. The van der Waals surface area contributed by atoms with Gasteiger partial charge in [-0.25, -0.2) is 14.4 Å². The number of carbonyl (C=O) groups excluding carboxylic acids is 3. The first-order valence-corrected chi connectivity index (χ1v) is 13.2. The zero-order chi connectivity index (χ0) is 30.9. The summed E-state index contributed by atoms with van der Waals surface area (Å²) in [5.41, 5.74) is 6.32. The third-order valence-corrected chi connectivity index (χ3v) is 6.01. The number of aryl methyl sites for hydroxylation is 1. The highest BCUT2D eigenvalue weighted by Gasteiger charge is 2.22. The van der Waals surface area contributed by atoms with E-state index in [2.05, 4.69) is 20.6 Å². The summed E-state index contributed by atoms with van der Waals surface area (Å²) in [6, 6.07) is 3.24. The standard InChI is InChI=1S/C28H41FN8O4/c1-9-22-27(36(6)7)34-26(24(33-22)25(30)39)32-20-13-19(29)14-21(15-20)41-17(2)16-31-28(40)18(3)37(8)23(38)11-10-12-35(4)5/h10-11,13-15,17-18H,9,12,16H2,1-8H3,(H2,30,39)(H,31,40)(H,32,34)/b11-10+/t17-,18-/m0/s1. The number of likely N-dealkylation sites (N-methyl/N-ethyl adjacent to an activating group) is 2. The zero-order valence-electron chi connectivity index (χ0n) is 25.0. The maximum absolute atomic E-state index is 14.5. The Morgan fingerprint density at radius 3 is 2.37 bits per heavy atom. The van der Waals surface area contributed by atoms with Crippen molar-refractivity contribution in [2.75, 3.05) is 58.5 Å². The molecule has 4 N–H and O–H groups in total. The van der Waals surface area contributed by atoms with E-state index in [-0.39, 0.29) is 41.3 Å². The number of nitrogens with two attached hydrogens (primary N) is 1. The van der Waals surface area contributed by atoms with E-state index < -0.39 is 23.9 Å². The van der Waals surface area contributed by atoms with Crippen LogP contribution in [-0.2, 0) is 16.0 Å². The van der Waals surface area contributed by atoms with E-state index in [0.29, 0.717) is 24.5 Å². The van der Waals surface area contributed by atoms with Gasteiger partial charge < -0.3 is 35.8 Å². The molecule has 0 aliphatic rings. The molecule has 0 saturated carbocycles. The van der Waals surface area contributed by atoms with Gasteiger partial charge in [-0.3, -0.25) is 14.4 Å². The molecule has 2 aromatic rings. The smallest absolute Gasteiger partial charge is 0.271 e. The number of hydrogen-bond acceptors (Lipinski definition) is 9. The van der Waals surface area contributed by atoms with Crippen molar-refractivity contribution in [3.8, 4) is 5.75 Å². The van der Waals surface area contributed by atoms with Crippen LogP contribution >= 0.6 is 0 Å². The Kier molecular flexibility index (Phi) is 12.0. The van der Waals surface area contributed by atoms with E-state index in [4.69, 9.17) is 10.5 Å². The molecule has 0 saturated heterocycles. The number of hydrogen-bond donors (Lipinski definition) is 3. The van der Waals surface area contributed by atoms with Crippen molar-refractivity contribution in [2.24, 2.45) is 5.73 Å². The minimum atomic E-state index is -0.775. The molecule has 1 heterocycles. The number of ether oxygens (including phenoxy) is 1. The molecular formula is C28H41FN8O4. The van der Waals surface area contributed by atoms with Gasteiger partial charge in [-0.15, -0.1) is 0 Å². The monoisotopic (exact) mass is 572 g/mol. The van der Waals surface area contributed by atoms with Crippen LogP contribution in [0.5, 0.6) is 5.75 Å². The third-order valence-electron chi connectivity index (χ3n) is 6.01. The van der Waals surface area contributed by atoms with Crippen LogP contribution in [0.2, 0.25) is 0 Å². The molecule has 0 aliphatic carbocycles. The molecule has 0 spiro atoms. The van der Waals surface area contributed by atoms with Gasteiger partial charge in [0.05, 0.1) is 12.2 Å². The number of halogens is 1. The third kappa shape index (κ3) is 9.71. The molecule has 1 aromatic heterocycles. The van der Waals surface area contributed by atoms with E-state index in [1.165, 1.54) is 29.2 Å². The van der Waals surface area contributed by atoms with Crippen molar-refractivity contribution in [1.82, 2.24) is 25.1 Å². The number of primary amides is 1. The van der Waals surface area contributed by atoms with Gasteiger partial charge in [-0.05, 0) is 40.4 Å². The molecule has 0 bridgehead atoms. The number of nitrogens with one attached hydrogen (secondary N) is 2. The van der Waals surface area contributed by atoms with Crippen molar-refractivity contribution >= 4 is 35.0 Å². The maximum Gasteiger partial charge on any atom is 0.271 e. The van der Waals surface area contributed by atoms with Crippen molar-refractivity contribution in [3.63, 3.8) is 0 Å². The minimum absolute atomic E-state index is 0.0685. The summed E-state index contributed by atoms with van der Waals surface area (Å²) in [5.74, 6) is -1.20. The number of rotatable bonds is 14. The topological polar surface area (TPSA) is 146 Å². The molecule has 41 heavy (non-hydrogen) atoms. The van der Waals surface area contributed by atoms with Crippen LogP contribution in [0.1, 0.15) is 37.0 Å². The number of carbonyl (C=O) groups is 3. The molecule has 12 nitrogen and oxygen atoms in total. The SMILES string of the molecule is CCc1nc(C(N)=O)c(Nc2cc(F)cc(O[C@@H](C)CNC(=O)[C@H](C)N(C)C(=O)/C=C/CN(C)C)c2)nc1N(C)C. The molecule has 0 radical (unpaired) electrons. The van der Waals surface area contributed by atoms with Gasteiger partial charge in [0, 0.05) is 51.6 Å². The van der Waals surface area contributed by atoms with E-state index in [1.807, 2.05) is 25.9 Å². The van der Waals surface area contributed by atoms with Gasteiger partial charge in [0.15, 0.2) is 17.3 Å². The van der Waals surface area contributed by atoms with Crippen LogP contribution in [0.4, 0.5) is 21.7 Å². The Balaban J connectivity index is 2.09. The summed E-state index contributed by atoms with van der Waals surface area (Å²) >= 11 is 0. The highest BCUT2D eigenvalue weighted by Crippen LogP contribution is 2.27. The fourth-order valence-electron chi connectivity index (χ4n) is 3.67. The van der Waals surface area contributed by atoms with Crippen molar-refractivity contribution < 1.29 is 23.5 Å². The summed E-state index contributed by atoms with van der Waals surface area (Å²) in [6.45, 7) is 5.95. The van der Waals surface area contributed by atoms with E-state index >= 15 is 0 Å². The zero-order valence-corrected chi connectivity index (χ0v) is 25.0. The number of aromatic nitrogens is 2. The second-order valence-corrected chi connectivity index (χ2v) is 10.1. The maximum atomic E-state index is 14.5. The Labute approximate surface area is 240 Å². The van der Waals surface area contributed by atoms with Gasteiger partial charge in [0.25, 0.3) is 5.91 Å². The molecule has 3 amide bonds. The predicted molar refractivity (Wildman–Crippen MR) is 157 cm³/mol. The summed E-state index contributed by atoms with van der Waals surface area (Å²) in [6.07, 6.45) is 3.16. The first-order chi connectivity index (χ1) is 19.2. The molecule has 0 unspecified atom stereocenters. The van der Waals surface area contributed by atoms with Gasteiger partial charge in [-0.2, -0.15) is 0 Å². The quantitative estimate of drug-likeness (QED) is 0.289. The van der Waals surface area contributed by atoms with Crippen LogP contribution < -0.4 is 26.0 Å². The van der Waals surface area contributed by atoms with Gasteiger partial charge in [0.1, 0.15) is 23.7 Å². The molecule has 2 atom stereocenters. The highest BCUT2D eigenvalue weighted by atomic mass is 19.1. The van der Waals surface area contributed by atoms with Gasteiger partial charge in [0.2, 0.25) is 11.8 Å². The summed E-state index contributed by atoms with van der Waals surface area (Å²) in [7, 11) is 8.93. The number of nitrogens with zero attached hydrogens (tertiary/aromatic N) is 5. The van der Waals surface area contributed by atoms with Crippen molar-refractivity contribution in [3.05, 3.63) is 47.6 Å². The molecular weight excluding hydrogens is 531 g/mol. The second kappa shape index (κ2) is 14.9. The summed E-state index contributed by atoms with van der Waals surface area (Å²) in [5, 5.41) is 5.68. The Morgan fingerprint density at radius 2 is 1.78 bits per heavy atom. The Bertz CT molecular complexity index is 1270. The summed E-state index contributed by atoms with van der Waals surface area (Å²) < 4.78 is 20.3. The van der Waals surface area contributed by atoms with Crippen LogP contribution in [0.25, 0.3) is 0 Å². The van der Waals surface area contributed by atoms with Crippen LogP contribution in [0.15, 0.2) is 30.4 Å². The van der Waals surface area contributed by atoms with E-state index in [1.54, 1.807) is 46.0 Å². The first kappa shape index (κ1) is 32.9. The van der Waals surface area contributed by atoms with Gasteiger partial charge >= 0.3 is 0 Å². The lowest BCUT2D eigenvalue weighted by Crippen LogP contribution is -2.47. The van der Waals surface area contributed by atoms with Crippen LogP contribution in [-0.4, -0.2) is 98.0 Å². The molecule has 224 valence electrons. The molecule has 2 rings (SSSR count). The van der Waals surface area contributed by atoms with Gasteiger partial charge in [-0.1, -0.05) is 13.0 Å². The average molecular weight is 573 g/mol. The lowest BCUT2D eigenvalue weighted by atomic mass is 10.2. The lowest BCUT2D eigenvalue weighted by molar-refractivity contribution is -0.135. The lowest BCUT2D eigenvalue weighted by Gasteiger charge is -2.24. The normalized spacial score (nSPS) is 12.6. The number of amides is 3. The highest BCUT2D eigenvalue weighted by molar-refractivity contribution is 5.96. The predicted octanol–water partition coefficient (Wildman–Crippen LogP) is 1.93. The molecule has 1 aromatic carbocycles. The fraction of sp³-hybridized carbons (Fsp3) is 0.464. The Hall–Kier alpha value is -4.26.